The number of benzene rings is 2. The first-order chi connectivity index (χ1) is 9.65. The van der Waals surface area contributed by atoms with Crippen LogP contribution in [0.25, 0.3) is 10.1 Å². The van der Waals surface area contributed by atoms with Crippen LogP contribution < -0.4 is 0 Å². The molecule has 3 aromatic rings. The van der Waals surface area contributed by atoms with Gasteiger partial charge in [-0.3, -0.25) is 0 Å². The molecule has 0 aliphatic carbocycles. The Morgan fingerprint density at radius 3 is 2.80 bits per heavy atom. The van der Waals surface area contributed by atoms with E-state index in [9.17, 15) is 5.11 Å². The van der Waals surface area contributed by atoms with Gasteiger partial charge >= 0.3 is 0 Å². The van der Waals surface area contributed by atoms with Crippen molar-refractivity contribution >= 4 is 33.0 Å². The summed E-state index contributed by atoms with van der Waals surface area (Å²) in [6.07, 6.45) is 0.0217. The lowest BCUT2D eigenvalue weighted by Crippen LogP contribution is -2.02. The van der Waals surface area contributed by atoms with E-state index in [1.54, 1.807) is 11.3 Å². The van der Waals surface area contributed by atoms with Crippen LogP contribution in [0, 0.1) is 6.92 Å². The predicted molar refractivity (Wildman–Crippen MR) is 86.7 cm³/mol. The van der Waals surface area contributed by atoms with Gasteiger partial charge in [-0.2, -0.15) is 0 Å². The maximum absolute atomic E-state index is 10.4. The first-order valence-corrected chi connectivity index (χ1v) is 7.80. The van der Waals surface area contributed by atoms with Crippen LogP contribution in [-0.4, -0.2) is 5.11 Å². The summed E-state index contributed by atoms with van der Waals surface area (Å²) in [4.78, 5) is 0. The van der Waals surface area contributed by atoms with Crippen LogP contribution in [0.2, 0.25) is 5.02 Å². The zero-order valence-electron chi connectivity index (χ0n) is 11.1. The van der Waals surface area contributed by atoms with Gasteiger partial charge in [-0.15, -0.1) is 11.3 Å². The maximum Gasteiger partial charge on any atom is 0.0845 e. The van der Waals surface area contributed by atoms with Gasteiger partial charge in [0, 0.05) is 16.1 Å². The predicted octanol–water partition coefficient (Wildman–Crippen LogP) is 5.14. The minimum atomic E-state index is -0.568. The summed E-state index contributed by atoms with van der Waals surface area (Å²) >= 11 is 7.94. The molecule has 0 radical (unpaired) electrons. The van der Waals surface area contributed by atoms with E-state index < -0.39 is 6.10 Å². The van der Waals surface area contributed by atoms with Gasteiger partial charge in [0.15, 0.2) is 0 Å². The topological polar surface area (TPSA) is 20.2 Å². The van der Waals surface area contributed by atoms with Crippen LogP contribution in [0.1, 0.15) is 22.8 Å². The highest BCUT2D eigenvalue weighted by atomic mass is 35.5. The monoisotopic (exact) mass is 302 g/mol. The zero-order chi connectivity index (χ0) is 14.1. The molecule has 1 nitrogen and oxygen atoms in total. The third kappa shape index (κ3) is 2.59. The van der Waals surface area contributed by atoms with Crippen LogP contribution in [0.15, 0.2) is 47.8 Å². The molecule has 0 saturated carbocycles. The molecule has 1 aromatic heterocycles. The van der Waals surface area contributed by atoms with E-state index in [0.717, 1.165) is 11.1 Å². The largest absolute Gasteiger partial charge is 0.388 e. The third-order valence-electron chi connectivity index (χ3n) is 3.49. The molecule has 3 rings (SSSR count). The fraction of sp³-hybridized carbons (Fsp3) is 0.176. The number of halogens is 1. The van der Waals surface area contributed by atoms with Crippen molar-refractivity contribution in [1.82, 2.24) is 0 Å². The Morgan fingerprint density at radius 1 is 1.20 bits per heavy atom. The number of aryl methyl sites for hydroxylation is 1. The van der Waals surface area contributed by atoms with Gasteiger partial charge in [-0.1, -0.05) is 41.9 Å². The molecule has 0 aliphatic heterocycles. The maximum atomic E-state index is 10.4. The molecule has 2 aromatic carbocycles. The molecule has 0 bridgehead atoms. The Bertz CT molecular complexity index is 748. The van der Waals surface area contributed by atoms with Crippen molar-refractivity contribution in [2.45, 2.75) is 19.4 Å². The Kier molecular flexibility index (Phi) is 3.79. The highest BCUT2D eigenvalue weighted by molar-refractivity contribution is 7.17. The molecular weight excluding hydrogens is 288 g/mol. The lowest BCUT2D eigenvalue weighted by Gasteiger charge is -2.13. The van der Waals surface area contributed by atoms with Gasteiger partial charge < -0.3 is 5.11 Å². The van der Waals surface area contributed by atoms with Gasteiger partial charge in [-0.25, -0.2) is 0 Å². The fourth-order valence-electron chi connectivity index (χ4n) is 2.41. The minimum Gasteiger partial charge on any atom is -0.388 e. The highest BCUT2D eigenvalue weighted by Crippen LogP contribution is 2.31. The summed E-state index contributed by atoms with van der Waals surface area (Å²) < 4.78 is 1.25. The molecule has 0 amide bonds. The van der Waals surface area contributed by atoms with Crippen molar-refractivity contribution in [3.05, 3.63) is 69.6 Å². The van der Waals surface area contributed by atoms with E-state index >= 15 is 0 Å². The molecule has 3 heteroatoms. The van der Waals surface area contributed by atoms with Crippen LogP contribution in [-0.2, 0) is 6.42 Å². The zero-order valence-corrected chi connectivity index (χ0v) is 12.7. The standard InChI is InChI=1S/C17H15ClOS/c1-11-6-7-14(15(18)8-11)16(19)9-12-10-20-17-5-3-2-4-13(12)17/h2-8,10,16,19H,9H2,1H3. The Morgan fingerprint density at radius 2 is 2.00 bits per heavy atom. The molecule has 0 spiro atoms. The summed E-state index contributed by atoms with van der Waals surface area (Å²) in [7, 11) is 0. The van der Waals surface area contributed by atoms with E-state index in [4.69, 9.17) is 11.6 Å². The lowest BCUT2D eigenvalue weighted by atomic mass is 10.00. The first kappa shape index (κ1) is 13.6. The molecule has 20 heavy (non-hydrogen) atoms. The van der Waals surface area contributed by atoms with Crippen molar-refractivity contribution in [1.29, 1.82) is 0 Å². The number of hydrogen-bond acceptors (Lipinski definition) is 2. The van der Waals surface area contributed by atoms with Gasteiger partial charge in [0.1, 0.15) is 0 Å². The Labute approximate surface area is 127 Å². The second-order valence-electron chi connectivity index (χ2n) is 5.00. The van der Waals surface area contributed by atoms with Crippen molar-refractivity contribution in [3.63, 3.8) is 0 Å². The second kappa shape index (κ2) is 5.57. The summed E-state index contributed by atoms with van der Waals surface area (Å²) in [5.74, 6) is 0. The van der Waals surface area contributed by atoms with E-state index in [1.165, 1.54) is 15.6 Å². The number of aliphatic hydroxyl groups excluding tert-OH is 1. The normalized spacial score (nSPS) is 12.8. The van der Waals surface area contributed by atoms with Crippen LogP contribution in [0.4, 0.5) is 0 Å². The summed E-state index contributed by atoms with van der Waals surface area (Å²) in [5.41, 5.74) is 3.08. The van der Waals surface area contributed by atoms with Crippen molar-refractivity contribution in [2.24, 2.45) is 0 Å². The molecule has 1 unspecified atom stereocenters. The smallest absolute Gasteiger partial charge is 0.0845 e. The third-order valence-corrected chi connectivity index (χ3v) is 4.83. The van der Waals surface area contributed by atoms with E-state index in [2.05, 4.69) is 17.5 Å². The molecule has 102 valence electrons. The SMILES string of the molecule is Cc1ccc(C(O)Cc2csc3ccccc23)c(Cl)c1. The number of rotatable bonds is 3. The highest BCUT2D eigenvalue weighted by Gasteiger charge is 2.14. The average Bonchev–Trinajstić information content (AvgIpc) is 2.82. The molecule has 1 atom stereocenters. The van der Waals surface area contributed by atoms with Gasteiger partial charge in [-0.05, 0) is 46.5 Å². The van der Waals surface area contributed by atoms with E-state index in [-0.39, 0.29) is 0 Å². The summed E-state index contributed by atoms with van der Waals surface area (Å²) in [5, 5.41) is 14.4. The van der Waals surface area contributed by atoms with Gasteiger partial charge in [0.25, 0.3) is 0 Å². The lowest BCUT2D eigenvalue weighted by molar-refractivity contribution is 0.179. The second-order valence-corrected chi connectivity index (χ2v) is 6.32. The molecule has 0 aliphatic rings. The van der Waals surface area contributed by atoms with Crippen molar-refractivity contribution < 1.29 is 5.11 Å². The molecule has 0 fully saturated rings. The Hall–Kier alpha value is -1.35. The van der Waals surface area contributed by atoms with Crippen molar-refractivity contribution in [2.75, 3.05) is 0 Å². The van der Waals surface area contributed by atoms with Crippen LogP contribution >= 0.6 is 22.9 Å². The van der Waals surface area contributed by atoms with Crippen molar-refractivity contribution in [3.8, 4) is 0 Å². The van der Waals surface area contributed by atoms with Gasteiger partial charge in [0.05, 0.1) is 6.10 Å². The fourth-order valence-corrected chi connectivity index (χ4v) is 3.75. The molecule has 1 heterocycles. The van der Waals surface area contributed by atoms with E-state index in [0.29, 0.717) is 11.4 Å². The molecule has 0 saturated heterocycles. The summed E-state index contributed by atoms with van der Waals surface area (Å²) in [6.45, 7) is 1.99. The number of thiophene rings is 1. The quantitative estimate of drug-likeness (QED) is 0.710. The van der Waals surface area contributed by atoms with Crippen LogP contribution in [0.5, 0.6) is 0 Å². The first-order valence-electron chi connectivity index (χ1n) is 6.54. The molecular formula is C17H15ClOS. The number of hydrogen-bond donors (Lipinski definition) is 1. The van der Waals surface area contributed by atoms with Crippen LogP contribution in [0.3, 0.4) is 0 Å². The number of fused-ring (bicyclic) bond motifs is 1. The number of aliphatic hydroxyl groups is 1. The summed E-state index contributed by atoms with van der Waals surface area (Å²) in [6, 6.07) is 14.1. The van der Waals surface area contributed by atoms with Gasteiger partial charge in [0.2, 0.25) is 0 Å². The minimum absolute atomic E-state index is 0.568. The Balaban J connectivity index is 1.90. The van der Waals surface area contributed by atoms with E-state index in [1.807, 2.05) is 37.3 Å². The average molecular weight is 303 g/mol. The molecule has 1 N–H and O–H groups in total.